The van der Waals surface area contributed by atoms with E-state index in [1.807, 2.05) is 30.3 Å². The van der Waals surface area contributed by atoms with Crippen LogP contribution in [-0.4, -0.2) is 38.9 Å². The van der Waals surface area contributed by atoms with Gasteiger partial charge in [-0.25, -0.2) is 8.42 Å². The SMILES string of the molecule is CS(=O)(=O)CC[C@@H](N)C(=O)N1CCc2c(CCc3ccccc3)cccc21. The molecule has 0 bridgehead atoms. The Bertz CT molecular complexity index is 910. The molecular weight excluding hydrogens is 360 g/mol. The van der Waals surface area contributed by atoms with Crippen LogP contribution in [0.5, 0.6) is 0 Å². The number of benzene rings is 2. The lowest BCUT2D eigenvalue weighted by Crippen LogP contribution is -2.44. The molecule has 0 fully saturated rings. The summed E-state index contributed by atoms with van der Waals surface area (Å²) in [5.41, 5.74) is 10.7. The van der Waals surface area contributed by atoms with Crippen LogP contribution in [0.4, 0.5) is 5.69 Å². The van der Waals surface area contributed by atoms with Crippen LogP contribution in [-0.2, 0) is 33.9 Å². The van der Waals surface area contributed by atoms with Crippen molar-refractivity contribution in [1.82, 2.24) is 0 Å². The van der Waals surface area contributed by atoms with Gasteiger partial charge in [-0.05, 0) is 48.4 Å². The third-order valence-corrected chi connectivity index (χ3v) is 6.01. The highest BCUT2D eigenvalue weighted by Gasteiger charge is 2.29. The molecule has 0 aliphatic carbocycles. The van der Waals surface area contributed by atoms with E-state index in [1.165, 1.54) is 16.7 Å². The van der Waals surface area contributed by atoms with E-state index in [0.717, 1.165) is 31.2 Å². The Kier molecular flexibility index (Phi) is 5.97. The first-order valence-electron chi connectivity index (χ1n) is 9.24. The van der Waals surface area contributed by atoms with Gasteiger partial charge < -0.3 is 10.6 Å². The lowest BCUT2D eigenvalue weighted by molar-refractivity contribution is -0.119. The number of aryl methyl sites for hydroxylation is 2. The Balaban J connectivity index is 1.70. The Morgan fingerprint density at radius 3 is 2.56 bits per heavy atom. The van der Waals surface area contributed by atoms with Crippen LogP contribution in [0, 0.1) is 0 Å². The number of hydrogen-bond donors (Lipinski definition) is 1. The summed E-state index contributed by atoms with van der Waals surface area (Å²) in [7, 11) is -3.13. The van der Waals surface area contributed by atoms with Gasteiger partial charge in [0.15, 0.2) is 0 Å². The first-order valence-corrected chi connectivity index (χ1v) is 11.3. The molecule has 1 atom stereocenters. The smallest absolute Gasteiger partial charge is 0.243 e. The van der Waals surface area contributed by atoms with Crippen molar-refractivity contribution in [2.75, 3.05) is 23.5 Å². The average Bonchev–Trinajstić information content (AvgIpc) is 3.08. The molecular formula is C21H26N2O3S. The molecule has 0 saturated carbocycles. The van der Waals surface area contributed by atoms with Gasteiger partial charge in [0.25, 0.3) is 0 Å². The van der Waals surface area contributed by atoms with Gasteiger partial charge in [-0.2, -0.15) is 0 Å². The Morgan fingerprint density at radius 1 is 1.11 bits per heavy atom. The molecule has 2 aromatic carbocycles. The molecule has 144 valence electrons. The zero-order valence-electron chi connectivity index (χ0n) is 15.6. The van der Waals surface area contributed by atoms with E-state index in [2.05, 4.69) is 18.2 Å². The summed E-state index contributed by atoms with van der Waals surface area (Å²) in [6, 6.07) is 15.6. The lowest BCUT2D eigenvalue weighted by Gasteiger charge is -2.21. The third kappa shape index (κ3) is 4.96. The van der Waals surface area contributed by atoms with Crippen LogP contribution in [0.15, 0.2) is 48.5 Å². The average molecular weight is 387 g/mol. The molecule has 5 nitrogen and oxygen atoms in total. The fourth-order valence-electron chi connectivity index (χ4n) is 3.56. The minimum absolute atomic E-state index is 0.0717. The van der Waals surface area contributed by atoms with Gasteiger partial charge in [-0.3, -0.25) is 4.79 Å². The second-order valence-corrected chi connectivity index (χ2v) is 9.43. The summed E-state index contributed by atoms with van der Waals surface area (Å²) >= 11 is 0. The number of carbonyl (C=O) groups is 1. The van der Waals surface area contributed by atoms with Gasteiger partial charge in [0, 0.05) is 18.5 Å². The molecule has 2 N–H and O–H groups in total. The molecule has 1 amide bonds. The van der Waals surface area contributed by atoms with E-state index in [4.69, 9.17) is 5.73 Å². The van der Waals surface area contributed by atoms with Gasteiger partial charge in [0.05, 0.1) is 11.8 Å². The summed E-state index contributed by atoms with van der Waals surface area (Å²) in [6.07, 6.45) is 4.00. The molecule has 0 spiro atoms. The Labute approximate surface area is 161 Å². The highest BCUT2D eigenvalue weighted by atomic mass is 32.2. The Hall–Kier alpha value is -2.18. The summed E-state index contributed by atoms with van der Waals surface area (Å²) in [5, 5.41) is 0. The van der Waals surface area contributed by atoms with E-state index in [1.54, 1.807) is 4.90 Å². The summed E-state index contributed by atoms with van der Waals surface area (Å²) < 4.78 is 22.7. The van der Waals surface area contributed by atoms with E-state index in [9.17, 15) is 13.2 Å². The van der Waals surface area contributed by atoms with Gasteiger partial charge in [-0.1, -0.05) is 42.5 Å². The van der Waals surface area contributed by atoms with Crippen molar-refractivity contribution < 1.29 is 13.2 Å². The van der Waals surface area contributed by atoms with Crippen molar-refractivity contribution in [3.63, 3.8) is 0 Å². The number of hydrogen-bond acceptors (Lipinski definition) is 4. The van der Waals surface area contributed by atoms with E-state index < -0.39 is 15.9 Å². The van der Waals surface area contributed by atoms with Gasteiger partial charge >= 0.3 is 0 Å². The number of anilines is 1. The van der Waals surface area contributed by atoms with Gasteiger partial charge in [0.2, 0.25) is 5.91 Å². The molecule has 0 unspecified atom stereocenters. The summed E-state index contributed by atoms with van der Waals surface area (Å²) in [4.78, 5) is 14.4. The quantitative estimate of drug-likeness (QED) is 0.790. The zero-order chi connectivity index (χ0) is 19.4. The minimum Gasteiger partial charge on any atom is -0.320 e. The molecule has 27 heavy (non-hydrogen) atoms. The highest BCUT2D eigenvalue weighted by molar-refractivity contribution is 7.90. The minimum atomic E-state index is -3.13. The largest absolute Gasteiger partial charge is 0.320 e. The van der Waals surface area contributed by atoms with Crippen LogP contribution >= 0.6 is 0 Å². The van der Waals surface area contributed by atoms with Crippen molar-refractivity contribution in [2.24, 2.45) is 5.73 Å². The number of nitrogens with two attached hydrogens (primary N) is 1. The highest BCUT2D eigenvalue weighted by Crippen LogP contribution is 2.32. The van der Waals surface area contributed by atoms with Crippen molar-refractivity contribution in [2.45, 2.75) is 31.7 Å². The molecule has 6 heteroatoms. The molecule has 0 saturated heterocycles. The normalized spacial score (nSPS) is 14.8. The number of fused-ring (bicyclic) bond motifs is 1. The van der Waals surface area contributed by atoms with E-state index >= 15 is 0 Å². The van der Waals surface area contributed by atoms with Crippen LogP contribution in [0.3, 0.4) is 0 Å². The van der Waals surface area contributed by atoms with Crippen LogP contribution < -0.4 is 10.6 Å². The second-order valence-electron chi connectivity index (χ2n) is 7.17. The molecule has 1 heterocycles. The van der Waals surface area contributed by atoms with Crippen molar-refractivity contribution in [3.8, 4) is 0 Å². The first kappa shape index (κ1) is 19.6. The van der Waals surface area contributed by atoms with Gasteiger partial charge in [-0.15, -0.1) is 0 Å². The van der Waals surface area contributed by atoms with Crippen LogP contribution in [0.25, 0.3) is 0 Å². The lowest BCUT2D eigenvalue weighted by atomic mass is 9.98. The number of sulfone groups is 1. The van der Waals surface area contributed by atoms with Crippen molar-refractivity contribution in [3.05, 3.63) is 65.2 Å². The van der Waals surface area contributed by atoms with Crippen LogP contribution in [0.1, 0.15) is 23.1 Å². The van der Waals surface area contributed by atoms with Crippen LogP contribution in [0.2, 0.25) is 0 Å². The maximum atomic E-state index is 12.7. The fraction of sp³-hybridized carbons (Fsp3) is 0.381. The molecule has 0 radical (unpaired) electrons. The predicted molar refractivity (Wildman–Crippen MR) is 109 cm³/mol. The fourth-order valence-corrected chi connectivity index (χ4v) is 4.24. The second kappa shape index (κ2) is 8.23. The standard InChI is InChI=1S/C21H26N2O3S/c1-27(25,26)15-13-19(22)21(24)23-14-12-18-17(8-5-9-20(18)23)11-10-16-6-3-2-4-7-16/h2-9,19H,10-15,22H2,1H3/t19-/m1/s1. The molecule has 0 aromatic heterocycles. The predicted octanol–water partition coefficient (Wildman–Crippen LogP) is 2.12. The molecule has 1 aliphatic heterocycles. The van der Waals surface area contributed by atoms with E-state index in [0.29, 0.717) is 6.54 Å². The zero-order valence-corrected chi connectivity index (χ0v) is 16.4. The third-order valence-electron chi connectivity index (χ3n) is 5.03. The number of amides is 1. The maximum Gasteiger partial charge on any atom is 0.243 e. The topological polar surface area (TPSA) is 80.5 Å². The molecule has 2 aromatic rings. The monoisotopic (exact) mass is 386 g/mol. The van der Waals surface area contributed by atoms with Crippen molar-refractivity contribution >= 4 is 21.4 Å². The van der Waals surface area contributed by atoms with Crippen molar-refractivity contribution in [1.29, 1.82) is 0 Å². The number of nitrogens with zero attached hydrogens (tertiary/aromatic N) is 1. The van der Waals surface area contributed by atoms with E-state index in [-0.39, 0.29) is 18.1 Å². The number of carbonyl (C=O) groups excluding carboxylic acids is 1. The first-order chi connectivity index (χ1) is 12.8. The van der Waals surface area contributed by atoms with Gasteiger partial charge in [0.1, 0.15) is 9.84 Å². The summed E-state index contributed by atoms with van der Waals surface area (Å²) in [5.74, 6) is -0.268. The maximum absolute atomic E-state index is 12.7. The molecule has 3 rings (SSSR count). The molecule has 1 aliphatic rings. The Morgan fingerprint density at radius 2 is 1.85 bits per heavy atom. The number of rotatable bonds is 7. The summed E-state index contributed by atoms with van der Waals surface area (Å²) in [6.45, 7) is 0.600.